The first-order chi connectivity index (χ1) is 10.2. The predicted octanol–water partition coefficient (Wildman–Crippen LogP) is 2.29. The van der Waals surface area contributed by atoms with Crippen LogP contribution in [0.5, 0.6) is 0 Å². The molecule has 0 fully saturated rings. The van der Waals surface area contributed by atoms with E-state index in [0.717, 1.165) is 16.6 Å². The number of anilines is 1. The van der Waals surface area contributed by atoms with Crippen LogP contribution in [0.3, 0.4) is 0 Å². The summed E-state index contributed by atoms with van der Waals surface area (Å²) in [7, 11) is 3.49. The van der Waals surface area contributed by atoms with Gasteiger partial charge in [0.15, 0.2) is 0 Å². The highest BCUT2D eigenvalue weighted by atomic mass is 16.5. The number of pyridine rings is 1. The van der Waals surface area contributed by atoms with Gasteiger partial charge in [-0.3, -0.25) is 4.79 Å². The molecule has 21 heavy (non-hydrogen) atoms. The van der Waals surface area contributed by atoms with Crippen molar-refractivity contribution in [3.8, 4) is 0 Å². The van der Waals surface area contributed by atoms with Crippen molar-refractivity contribution in [2.75, 3.05) is 32.6 Å². The van der Waals surface area contributed by atoms with E-state index in [4.69, 9.17) is 4.74 Å². The quantitative estimate of drug-likeness (QED) is 0.855. The highest BCUT2D eigenvalue weighted by Crippen LogP contribution is 2.22. The maximum Gasteiger partial charge on any atom is 0.269 e. The van der Waals surface area contributed by atoms with Gasteiger partial charge < -0.3 is 15.4 Å². The fourth-order valence-corrected chi connectivity index (χ4v) is 2.20. The van der Waals surface area contributed by atoms with E-state index in [2.05, 4.69) is 15.6 Å². The monoisotopic (exact) mass is 287 g/mol. The number of hydrogen-bond donors (Lipinski definition) is 2. The molecule has 0 bridgehead atoms. The van der Waals surface area contributed by atoms with Gasteiger partial charge in [-0.1, -0.05) is 25.1 Å². The summed E-state index contributed by atoms with van der Waals surface area (Å²) >= 11 is 0. The van der Waals surface area contributed by atoms with Crippen LogP contribution in [0.25, 0.3) is 10.9 Å². The number of para-hydroxylation sites is 1. The molecule has 112 valence electrons. The lowest BCUT2D eigenvalue weighted by Crippen LogP contribution is -2.30. The molecule has 1 aromatic heterocycles. The van der Waals surface area contributed by atoms with Crippen LogP contribution < -0.4 is 10.6 Å². The number of carbonyl (C=O) groups is 1. The second-order valence-electron chi connectivity index (χ2n) is 5.09. The summed E-state index contributed by atoms with van der Waals surface area (Å²) in [6.45, 7) is 3.21. The predicted molar refractivity (Wildman–Crippen MR) is 84.7 cm³/mol. The highest BCUT2D eigenvalue weighted by Gasteiger charge is 2.12. The van der Waals surface area contributed by atoms with Gasteiger partial charge in [-0.2, -0.15) is 0 Å². The van der Waals surface area contributed by atoms with Crippen molar-refractivity contribution in [2.24, 2.45) is 5.92 Å². The van der Waals surface area contributed by atoms with Gasteiger partial charge in [-0.05, 0) is 18.1 Å². The average molecular weight is 287 g/mol. The molecule has 5 heteroatoms. The maximum absolute atomic E-state index is 12.2. The van der Waals surface area contributed by atoms with Gasteiger partial charge >= 0.3 is 0 Å². The van der Waals surface area contributed by atoms with Crippen LogP contribution >= 0.6 is 0 Å². The van der Waals surface area contributed by atoms with Crippen LogP contribution in [0.1, 0.15) is 17.4 Å². The first-order valence-corrected chi connectivity index (χ1v) is 7.00. The zero-order valence-electron chi connectivity index (χ0n) is 12.6. The van der Waals surface area contributed by atoms with Crippen LogP contribution in [-0.2, 0) is 4.74 Å². The van der Waals surface area contributed by atoms with Gasteiger partial charge in [0.25, 0.3) is 5.91 Å². The molecule has 1 unspecified atom stereocenters. The normalized spacial score (nSPS) is 12.1. The number of nitrogens with one attached hydrogen (secondary N) is 2. The summed E-state index contributed by atoms with van der Waals surface area (Å²) in [6.07, 6.45) is 0. The molecule has 5 nitrogen and oxygen atoms in total. The van der Waals surface area contributed by atoms with Crippen LogP contribution in [-0.4, -0.2) is 38.2 Å². The van der Waals surface area contributed by atoms with Crippen molar-refractivity contribution in [3.63, 3.8) is 0 Å². The molecule has 2 rings (SSSR count). The standard InChI is InChI=1S/C16H21N3O2/c1-11(10-21-3)9-18-16(20)15-8-14(17-2)12-6-4-5-7-13(12)19-15/h4-8,11H,9-10H2,1-3H3,(H,17,19)(H,18,20). The van der Waals surface area contributed by atoms with Gasteiger partial charge in [-0.15, -0.1) is 0 Å². The molecule has 2 N–H and O–H groups in total. The third-order valence-corrected chi connectivity index (χ3v) is 3.28. The van der Waals surface area contributed by atoms with Crippen LogP contribution in [0.4, 0.5) is 5.69 Å². The van der Waals surface area contributed by atoms with Crippen molar-refractivity contribution >= 4 is 22.5 Å². The summed E-state index contributed by atoms with van der Waals surface area (Å²) < 4.78 is 5.06. The number of ether oxygens (including phenoxy) is 1. The van der Waals surface area contributed by atoms with Crippen LogP contribution in [0.15, 0.2) is 30.3 Å². The summed E-state index contributed by atoms with van der Waals surface area (Å²) in [5.41, 5.74) is 2.12. The number of methoxy groups -OCH3 is 1. The molecule has 0 saturated heterocycles. The number of hydrogen-bond acceptors (Lipinski definition) is 4. The van der Waals surface area contributed by atoms with E-state index in [-0.39, 0.29) is 11.8 Å². The molecule has 1 amide bonds. The Balaban J connectivity index is 2.19. The summed E-state index contributed by atoms with van der Waals surface area (Å²) in [5, 5.41) is 7.00. The molecule has 0 aliphatic heterocycles. The number of benzene rings is 1. The molecular formula is C16H21N3O2. The second kappa shape index (κ2) is 7.04. The molecule has 0 radical (unpaired) electrons. The zero-order chi connectivity index (χ0) is 15.2. The molecule has 2 aromatic rings. The molecule has 1 heterocycles. The third kappa shape index (κ3) is 3.70. The van der Waals surface area contributed by atoms with E-state index in [1.807, 2.05) is 38.2 Å². The van der Waals surface area contributed by atoms with Crippen molar-refractivity contribution in [2.45, 2.75) is 6.92 Å². The number of amides is 1. The van der Waals surface area contributed by atoms with Crippen LogP contribution in [0.2, 0.25) is 0 Å². The third-order valence-electron chi connectivity index (χ3n) is 3.28. The van der Waals surface area contributed by atoms with E-state index in [1.54, 1.807) is 13.2 Å². The lowest BCUT2D eigenvalue weighted by Gasteiger charge is -2.12. The average Bonchev–Trinajstić information content (AvgIpc) is 2.51. The molecule has 1 atom stereocenters. The molecular weight excluding hydrogens is 266 g/mol. The van der Waals surface area contributed by atoms with E-state index in [0.29, 0.717) is 18.8 Å². The van der Waals surface area contributed by atoms with E-state index < -0.39 is 0 Å². The number of carbonyl (C=O) groups excluding carboxylic acids is 1. The Morgan fingerprint density at radius 3 is 2.86 bits per heavy atom. The highest BCUT2D eigenvalue weighted by molar-refractivity contribution is 5.99. The molecule has 0 aliphatic carbocycles. The second-order valence-corrected chi connectivity index (χ2v) is 5.09. The van der Waals surface area contributed by atoms with Gasteiger partial charge in [0.2, 0.25) is 0 Å². The first-order valence-electron chi connectivity index (χ1n) is 7.00. The number of fused-ring (bicyclic) bond motifs is 1. The van der Waals surface area contributed by atoms with Crippen molar-refractivity contribution in [1.82, 2.24) is 10.3 Å². The Bertz CT molecular complexity index is 628. The SMILES string of the molecule is CNc1cc(C(=O)NCC(C)COC)nc2ccccc12. The minimum atomic E-state index is -0.166. The maximum atomic E-state index is 12.2. The van der Waals surface area contributed by atoms with Crippen LogP contribution in [0, 0.1) is 5.92 Å². The molecule has 0 aliphatic rings. The van der Waals surface area contributed by atoms with E-state index in [1.165, 1.54) is 0 Å². The van der Waals surface area contributed by atoms with Crippen molar-refractivity contribution in [1.29, 1.82) is 0 Å². The Kier molecular flexibility index (Phi) is 5.11. The van der Waals surface area contributed by atoms with Gasteiger partial charge in [0.1, 0.15) is 5.69 Å². The number of rotatable bonds is 6. The number of aromatic nitrogens is 1. The summed E-state index contributed by atoms with van der Waals surface area (Å²) in [6, 6.07) is 9.53. The topological polar surface area (TPSA) is 63.2 Å². The summed E-state index contributed by atoms with van der Waals surface area (Å²) in [5.74, 6) is 0.100. The fourth-order valence-electron chi connectivity index (χ4n) is 2.20. The molecule has 0 spiro atoms. The summed E-state index contributed by atoms with van der Waals surface area (Å²) in [4.78, 5) is 16.6. The Morgan fingerprint density at radius 2 is 2.14 bits per heavy atom. The van der Waals surface area contributed by atoms with E-state index >= 15 is 0 Å². The Labute approximate surface area is 124 Å². The minimum Gasteiger partial charge on any atom is -0.388 e. The van der Waals surface area contributed by atoms with E-state index in [9.17, 15) is 4.79 Å². The molecule has 0 saturated carbocycles. The lowest BCUT2D eigenvalue weighted by molar-refractivity contribution is 0.0929. The van der Waals surface area contributed by atoms with Gasteiger partial charge in [0.05, 0.1) is 12.1 Å². The van der Waals surface area contributed by atoms with Gasteiger partial charge in [0, 0.05) is 31.8 Å². The Morgan fingerprint density at radius 1 is 1.38 bits per heavy atom. The largest absolute Gasteiger partial charge is 0.388 e. The smallest absolute Gasteiger partial charge is 0.269 e. The zero-order valence-corrected chi connectivity index (χ0v) is 12.6. The van der Waals surface area contributed by atoms with Crippen molar-refractivity contribution in [3.05, 3.63) is 36.0 Å². The lowest BCUT2D eigenvalue weighted by atomic mass is 10.1. The fraction of sp³-hybridized carbons (Fsp3) is 0.375. The molecule has 1 aromatic carbocycles. The van der Waals surface area contributed by atoms with Gasteiger partial charge in [-0.25, -0.2) is 4.98 Å². The van der Waals surface area contributed by atoms with Crippen molar-refractivity contribution < 1.29 is 9.53 Å². The first kappa shape index (κ1) is 15.3. The Hall–Kier alpha value is -2.14. The number of nitrogens with zero attached hydrogens (tertiary/aromatic N) is 1. The minimum absolute atomic E-state index is 0.166.